The van der Waals surface area contributed by atoms with Gasteiger partial charge in [0.05, 0.1) is 43.2 Å². The van der Waals surface area contributed by atoms with Crippen LogP contribution >= 0.6 is 11.8 Å². The normalized spacial score (nSPS) is 17.1. The lowest BCUT2D eigenvalue weighted by atomic mass is 9.89. The van der Waals surface area contributed by atoms with Gasteiger partial charge in [0, 0.05) is 70.4 Å². The monoisotopic (exact) mass is 1110 g/mol. The van der Waals surface area contributed by atoms with Crippen LogP contribution in [0, 0.1) is 23.7 Å². The molecule has 1 aromatic carbocycles. The van der Waals surface area contributed by atoms with Gasteiger partial charge in [0.2, 0.25) is 29.5 Å². The number of likely N-dealkylation sites (N-methyl/N-ethyl adjacent to an activating group) is 2. The molecule has 76 heavy (non-hydrogen) atoms. The van der Waals surface area contributed by atoms with Crippen molar-refractivity contribution in [3.05, 3.63) is 64.3 Å². The number of rotatable bonds is 32. The fraction of sp³-hybridized carbons (Fsp3) is 0.698. The number of azide groups is 1. The first-order chi connectivity index (χ1) is 35.7. The number of thioether (sulfide) groups is 1. The number of carbonyl (C=O) groups is 6. The lowest BCUT2D eigenvalue weighted by Crippen LogP contribution is -2.60. The lowest BCUT2D eigenvalue weighted by molar-refractivity contribution is -0.149. The molecule has 0 bridgehead atoms. The van der Waals surface area contributed by atoms with Crippen molar-refractivity contribution in [1.82, 2.24) is 35.3 Å². The summed E-state index contributed by atoms with van der Waals surface area (Å²) in [5, 5.41) is 20.6. The highest BCUT2D eigenvalue weighted by Gasteiger charge is 2.44. The Morgan fingerprint density at radius 1 is 0.908 bits per heavy atom. The number of nitrogens with zero attached hydrogens (tertiary/aromatic N) is 8. The van der Waals surface area contributed by atoms with E-state index in [0.29, 0.717) is 37.4 Å². The number of ether oxygens (including phenoxy) is 2. The Morgan fingerprint density at radius 2 is 1.55 bits per heavy atom. The number of nitrogens with one attached hydrogen (secondary N) is 2. The topological polar surface area (TPSA) is 259 Å². The molecule has 0 spiro atoms. The van der Waals surface area contributed by atoms with Crippen molar-refractivity contribution in [2.75, 3.05) is 40.2 Å². The van der Waals surface area contributed by atoms with Crippen molar-refractivity contribution < 1.29 is 47.5 Å². The number of benzene rings is 1. The van der Waals surface area contributed by atoms with Crippen molar-refractivity contribution in [3.63, 3.8) is 0 Å². The first-order valence-electron chi connectivity index (χ1n) is 26.6. The van der Waals surface area contributed by atoms with Gasteiger partial charge in [0.1, 0.15) is 18.1 Å². The summed E-state index contributed by atoms with van der Waals surface area (Å²) in [6.07, 6.45) is 4.57. The van der Waals surface area contributed by atoms with Gasteiger partial charge in [-0.05, 0) is 85.9 Å². The van der Waals surface area contributed by atoms with Gasteiger partial charge in [-0.25, -0.2) is 14.8 Å². The molecule has 1 aliphatic rings. The third kappa shape index (κ3) is 19.5. The summed E-state index contributed by atoms with van der Waals surface area (Å²) in [5.41, 5.74) is 10.1. The number of carbonyl (C=O) groups excluding carboxylic acids is 5. The largest absolute Gasteiger partial charge is 0.480 e. The molecule has 1 fully saturated rings. The number of likely N-dealkylation sites (tertiary alicyclic amines) is 1. The summed E-state index contributed by atoms with van der Waals surface area (Å²) >= 11 is 1.53. The molecule has 424 valence electrons. The minimum Gasteiger partial charge on any atom is -0.480 e. The van der Waals surface area contributed by atoms with Crippen LogP contribution in [0.5, 0.6) is 0 Å². The number of amides is 5. The summed E-state index contributed by atoms with van der Waals surface area (Å²) in [7, 11) is 1.94. The Hall–Kier alpha value is -4.91. The van der Waals surface area contributed by atoms with E-state index in [1.54, 1.807) is 55.3 Å². The Labute approximate surface area is 457 Å². The first kappa shape index (κ1) is 65.4. The number of carboxylic acid groups (broad SMARTS) is 1. The van der Waals surface area contributed by atoms with Crippen molar-refractivity contribution in [1.29, 1.82) is 0 Å². The molecule has 1 aromatic heterocycles. The smallest absolute Gasteiger partial charge is 0.326 e. The van der Waals surface area contributed by atoms with Gasteiger partial charge in [0.15, 0.2) is 21.8 Å². The Morgan fingerprint density at radius 3 is 2.11 bits per heavy atom. The van der Waals surface area contributed by atoms with Crippen LogP contribution in [0.15, 0.2) is 53.0 Å². The van der Waals surface area contributed by atoms with Gasteiger partial charge < -0.3 is 44.0 Å². The van der Waals surface area contributed by atoms with E-state index in [2.05, 4.69) is 56.8 Å². The van der Waals surface area contributed by atoms with Crippen molar-refractivity contribution in [3.8, 4) is 0 Å². The average molecular weight is 1110 g/mol. The van der Waals surface area contributed by atoms with E-state index in [9.17, 15) is 33.9 Å². The van der Waals surface area contributed by atoms with E-state index in [1.165, 1.54) is 30.9 Å². The van der Waals surface area contributed by atoms with Gasteiger partial charge in [-0.2, -0.15) is 0 Å². The zero-order valence-electron chi connectivity index (χ0n) is 47.8. The Kier molecular flexibility index (Phi) is 26.6. The molecule has 1 aliphatic heterocycles. The molecular weight excluding hydrogens is 1020 g/mol. The quantitative estimate of drug-likeness (QED) is 0.0161. The van der Waals surface area contributed by atoms with E-state index < -0.39 is 82.8 Å². The third-order valence-electron chi connectivity index (χ3n) is 14.4. The fourth-order valence-corrected chi connectivity index (χ4v) is 20.6. The molecule has 9 atom stereocenters. The lowest BCUT2D eigenvalue weighted by Gasteiger charge is -2.41. The van der Waals surface area contributed by atoms with Crippen LogP contribution in [0.4, 0.5) is 0 Å². The summed E-state index contributed by atoms with van der Waals surface area (Å²) in [6, 6.07) is 5.77. The number of aliphatic carboxylic acids is 1. The Bertz CT molecular complexity index is 2260. The van der Waals surface area contributed by atoms with E-state index in [-0.39, 0.29) is 61.3 Å². The van der Waals surface area contributed by atoms with Crippen LogP contribution in [0.25, 0.3) is 10.4 Å². The maximum atomic E-state index is 14.7. The van der Waals surface area contributed by atoms with E-state index >= 15 is 0 Å². The molecule has 1 saturated heterocycles. The number of hydrogen-bond acceptors (Lipinski definition) is 13. The molecule has 0 aliphatic carbocycles. The van der Waals surface area contributed by atoms with Crippen LogP contribution in [-0.2, 0) is 55.3 Å². The van der Waals surface area contributed by atoms with Crippen LogP contribution in [0.3, 0.4) is 0 Å². The molecule has 2 aromatic rings. The van der Waals surface area contributed by atoms with E-state index in [0.717, 1.165) is 22.5 Å². The molecular formula is C53H88N10O10SSi2. The number of hydrogen-bond donors (Lipinski definition) is 3. The Balaban J connectivity index is 1.68. The van der Waals surface area contributed by atoms with Gasteiger partial charge in [-0.15, -0.1) is 0 Å². The molecule has 23 heteroatoms. The van der Waals surface area contributed by atoms with Crippen LogP contribution in [-0.4, -0.2) is 165 Å². The maximum absolute atomic E-state index is 14.7. The van der Waals surface area contributed by atoms with Crippen LogP contribution < -0.4 is 10.6 Å². The van der Waals surface area contributed by atoms with Crippen molar-refractivity contribution in [2.45, 2.75) is 180 Å². The number of methoxy groups -OCH3 is 2. The second-order valence-corrected chi connectivity index (χ2v) is 32.3. The second-order valence-electron chi connectivity index (χ2n) is 22.1. The standard InChI is InChI=1S/C53H88N10O10SSi2/c1-16-36(6)47(42(71-10)29-44(65)63-26-20-24-41(63)48(72-11)37(7)49(66)58-40(52(69)70)28-38-22-18-17-19-23-38)62(9)51(68)45(34(2)3)59-50(67)46(35(4)5)61(8)43(64)25-21-27-75(12,13)73-76(14,15)33-74-53-55-30-39(31-56-53)32-57-60-54/h17-19,22-23,30-31,34-37,40-42,45-48H,16,20-21,24-29,32-33H2,1-15H3,(H,58,66)(H,59,67)(H,69,70)/t36?,37?,40?,41-,42?,45?,46?,47?,48?/m0/s1. The molecule has 20 nitrogen and oxygen atoms in total. The summed E-state index contributed by atoms with van der Waals surface area (Å²) in [6.45, 7) is 22.4. The molecule has 3 N–H and O–H groups in total. The second kappa shape index (κ2) is 30.9. The van der Waals surface area contributed by atoms with Gasteiger partial charge in [0.25, 0.3) is 0 Å². The van der Waals surface area contributed by atoms with Crippen LogP contribution in [0.2, 0.25) is 32.2 Å². The number of carboxylic acids is 1. The van der Waals surface area contributed by atoms with Gasteiger partial charge in [-0.1, -0.05) is 102 Å². The van der Waals surface area contributed by atoms with Crippen molar-refractivity contribution >= 4 is 63.9 Å². The average Bonchev–Trinajstić information content (AvgIpc) is 3.85. The fourth-order valence-electron chi connectivity index (χ4n) is 10.2. The maximum Gasteiger partial charge on any atom is 0.326 e. The molecule has 8 unspecified atom stereocenters. The van der Waals surface area contributed by atoms with Gasteiger partial charge >= 0.3 is 5.97 Å². The molecule has 0 radical (unpaired) electrons. The van der Waals surface area contributed by atoms with Gasteiger partial charge in [-0.3, -0.25) is 24.0 Å². The van der Waals surface area contributed by atoms with E-state index in [1.807, 2.05) is 59.7 Å². The minimum absolute atomic E-state index is 0.0756. The van der Waals surface area contributed by atoms with Crippen LogP contribution in [0.1, 0.15) is 98.1 Å². The predicted octanol–water partition coefficient (Wildman–Crippen LogP) is 7.48. The van der Waals surface area contributed by atoms with E-state index in [4.69, 9.17) is 19.1 Å². The minimum atomic E-state index is -2.21. The first-order valence-corrected chi connectivity index (χ1v) is 33.8. The zero-order valence-corrected chi connectivity index (χ0v) is 50.6. The summed E-state index contributed by atoms with van der Waals surface area (Å²) in [5.74, 6) is -4.40. The zero-order chi connectivity index (χ0) is 57.1. The van der Waals surface area contributed by atoms with Crippen molar-refractivity contribution in [2.24, 2.45) is 28.8 Å². The molecule has 3 rings (SSSR count). The highest BCUT2D eigenvalue weighted by molar-refractivity contribution is 8.00. The number of aromatic nitrogens is 2. The third-order valence-corrected chi connectivity index (χ3v) is 24.2. The molecule has 2 heterocycles. The molecule has 0 saturated carbocycles. The highest BCUT2D eigenvalue weighted by atomic mass is 32.2. The highest BCUT2D eigenvalue weighted by Crippen LogP contribution is 2.31. The summed E-state index contributed by atoms with van der Waals surface area (Å²) in [4.78, 5) is 99.6. The predicted molar refractivity (Wildman–Crippen MR) is 300 cm³/mol. The summed E-state index contributed by atoms with van der Waals surface area (Å²) < 4.78 is 18.8. The molecule has 5 amide bonds. The SMILES string of the molecule is CCC(C)C(C(CC(=O)N1CCC[C@H]1C(OC)C(C)C(=O)NC(Cc1ccccc1)C(=O)O)OC)N(C)C(=O)C(NC(=O)C(C(C)C)N(C)C(=O)CCC[Si](C)(C)O[Si](C)(C)CSc1ncc(CN=[N+]=[N-])cn1)C(C)C.